The highest BCUT2D eigenvalue weighted by atomic mass is 19.3. The summed E-state index contributed by atoms with van der Waals surface area (Å²) in [5, 5.41) is 8.35. The zero-order valence-corrected chi connectivity index (χ0v) is 9.93. The number of hydrogen-bond acceptors (Lipinski definition) is 3. The second kappa shape index (κ2) is 3.99. The van der Waals surface area contributed by atoms with Crippen LogP contribution < -0.4 is 0 Å². The molecule has 1 N–H and O–H groups in total. The van der Waals surface area contributed by atoms with Crippen LogP contribution in [0.3, 0.4) is 0 Å². The summed E-state index contributed by atoms with van der Waals surface area (Å²) >= 11 is 0. The molecule has 0 spiro atoms. The molecule has 0 saturated heterocycles. The van der Waals surface area contributed by atoms with Gasteiger partial charge in [0.15, 0.2) is 5.60 Å². The number of halogens is 2. The highest BCUT2D eigenvalue weighted by Gasteiger charge is 2.57. The van der Waals surface area contributed by atoms with Crippen LogP contribution in [0.4, 0.5) is 8.78 Å². The van der Waals surface area contributed by atoms with E-state index in [0.717, 1.165) is 13.8 Å². The van der Waals surface area contributed by atoms with Crippen LogP contribution in [0.1, 0.15) is 34.6 Å². The van der Waals surface area contributed by atoms with Gasteiger partial charge in [-0.2, -0.15) is 8.78 Å². The number of carbonyl (C=O) groups excluding carboxylic acids is 1. The van der Waals surface area contributed by atoms with Gasteiger partial charge in [-0.1, -0.05) is 0 Å². The van der Waals surface area contributed by atoms with E-state index in [9.17, 15) is 18.4 Å². The molecular formula is C10H16F2O4. The van der Waals surface area contributed by atoms with Crippen LogP contribution in [-0.2, 0) is 14.3 Å². The molecule has 0 aliphatic rings. The van der Waals surface area contributed by atoms with E-state index in [1.165, 1.54) is 20.8 Å². The number of hydrogen-bond donors (Lipinski definition) is 1. The van der Waals surface area contributed by atoms with E-state index in [4.69, 9.17) is 5.11 Å². The number of carboxylic acids is 1. The fourth-order valence-electron chi connectivity index (χ4n) is 0.706. The van der Waals surface area contributed by atoms with Crippen molar-refractivity contribution in [3.8, 4) is 0 Å². The first-order valence-corrected chi connectivity index (χ1v) is 4.67. The van der Waals surface area contributed by atoms with Gasteiger partial charge in [0, 0.05) is 0 Å². The molecule has 0 heterocycles. The van der Waals surface area contributed by atoms with Gasteiger partial charge in [-0.3, -0.25) is 4.79 Å². The molecule has 0 aromatic rings. The Morgan fingerprint density at radius 2 is 1.44 bits per heavy atom. The molecule has 0 aliphatic carbocycles. The number of alkyl halides is 2. The molecule has 0 aromatic carbocycles. The minimum Gasteiger partial charge on any atom is -0.477 e. The number of carboxylic acid groups (broad SMARTS) is 1. The van der Waals surface area contributed by atoms with Gasteiger partial charge in [-0.25, -0.2) is 4.79 Å². The molecule has 0 radical (unpaired) electrons. The van der Waals surface area contributed by atoms with Gasteiger partial charge >= 0.3 is 17.9 Å². The van der Waals surface area contributed by atoms with Crippen molar-refractivity contribution in [2.75, 3.05) is 0 Å². The van der Waals surface area contributed by atoms with E-state index >= 15 is 0 Å². The maximum atomic E-state index is 13.2. The lowest BCUT2D eigenvalue weighted by molar-refractivity contribution is -0.218. The van der Waals surface area contributed by atoms with Gasteiger partial charge in [0.1, 0.15) is 0 Å². The van der Waals surface area contributed by atoms with Gasteiger partial charge in [0.05, 0.1) is 5.41 Å². The Bertz CT molecular complexity index is 302. The summed E-state index contributed by atoms with van der Waals surface area (Å²) in [6.45, 7) is 6.20. The third-order valence-corrected chi connectivity index (χ3v) is 1.98. The molecule has 0 aliphatic heterocycles. The topological polar surface area (TPSA) is 63.6 Å². The number of rotatable bonds is 3. The average Bonchev–Trinajstić information content (AvgIpc) is 2.00. The first kappa shape index (κ1) is 14.8. The Balaban J connectivity index is 4.97. The van der Waals surface area contributed by atoms with E-state index in [1.807, 2.05) is 0 Å². The molecule has 0 fully saturated rings. The van der Waals surface area contributed by atoms with Crippen LogP contribution in [0.15, 0.2) is 0 Å². The lowest BCUT2D eigenvalue weighted by Gasteiger charge is -2.32. The maximum absolute atomic E-state index is 13.2. The molecule has 16 heavy (non-hydrogen) atoms. The average molecular weight is 238 g/mol. The summed E-state index contributed by atoms with van der Waals surface area (Å²) in [4.78, 5) is 21.8. The zero-order valence-electron chi connectivity index (χ0n) is 9.93. The first-order valence-electron chi connectivity index (χ1n) is 4.67. The van der Waals surface area contributed by atoms with Crippen LogP contribution in [0.25, 0.3) is 0 Å². The predicted octanol–water partition coefficient (Wildman–Crippen LogP) is 2.07. The largest absolute Gasteiger partial charge is 0.477 e. The van der Waals surface area contributed by atoms with Crippen molar-refractivity contribution in [3.63, 3.8) is 0 Å². The van der Waals surface area contributed by atoms with Gasteiger partial charge in [-0.05, 0) is 34.6 Å². The van der Waals surface area contributed by atoms with E-state index in [1.54, 1.807) is 0 Å². The van der Waals surface area contributed by atoms with Crippen LogP contribution >= 0.6 is 0 Å². The van der Waals surface area contributed by atoms with Crippen LogP contribution in [0, 0.1) is 5.41 Å². The normalized spacial score (nSPS) is 13.4. The smallest absolute Gasteiger partial charge is 0.380 e. The summed E-state index contributed by atoms with van der Waals surface area (Å²) in [6.07, 6.45) is 0. The van der Waals surface area contributed by atoms with Gasteiger partial charge in [-0.15, -0.1) is 0 Å². The summed E-state index contributed by atoms with van der Waals surface area (Å²) in [5.41, 5.74) is -3.35. The molecule has 0 atom stereocenters. The van der Waals surface area contributed by atoms with Crippen molar-refractivity contribution in [3.05, 3.63) is 0 Å². The quantitative estimate of drug-likeness (QED) is 0.764. The Labute approximate surface area is 92.6 Å². The van der Waals surface area contributed by atoms with E-state index in [2.05, 4.69) is 4.74 Å². The molecule has 0 unspecified atom stereocenters. The van der Waals surface area contributed by atoms with E-state index < -0.39 is 28.9 Å². The van der Waals surface area contributed by atoms with Gasteiger partial charge in [0.25, 0.3) is 0 Å². The van der Waals surface area contributed by atoms with Gasteiger partial charge < -0.3 is 9.84 Å². The Morgan fingerprint density at radius 1 is 1.06 bits per heavy atom. The van der Waals surface area contributed by atoms with Crippen LogP contribution in [-0.4, -0.2) is 28.6 Å². The lowest BCUT2D eigenvalue weighted by atomic mass is 9.95. The van der Waals surface area contributed by atoms with Crippen molar-refractivity contribution in [1.82, 2.24) is 0 Å². The molecule has 0 saturated carbocycles. The zero-order chi connectivity index (χ0) is 13.4. The summed E-state index contributed by atoms with van der Waals surface area (Å²) in [6, 6.07) is 0. The SMILES string of the molecule is CC(C)(C)C(=O)OC(C)(C)C(F)(F)C(=O)O. The standard InChI is InChI=1S/C10H16F2O4/c1-8(2,3)7(15)16-9(4,5)10(11,12)6(13)14/h1-5H3,(H,13,14). The summed E-state index contributed by atoms with van der Waals surface area (Å²) < 4.78 is 31.0. The molecule has 0 bridgehead atoms. The molecule has 4 nitrogen and oxygen atoms in total. The predicted molar refractivity (Wildman–Crippen MR) is 52.2 cm³/mol. The summed E-state index contributed by atoms with van der Waals surface area (Å²) in [5.74, 6) is -7.33. The Hall–Kier alpha value is -1.20. The van der Waals surface area contributed by atoms with Crippen LogP contribution in [0.5, 0.6) is 0 Å². The number of ether oxygens (including phenoxy) is 1. The molecule has 0 aromatic heterocycles. The van der Waals surface area contributed by atoms with Crippen molar-refractivity contribution < 1.29 is 28.2 Å². The minimum atomic E-state index is -4.13. The number of esters is 1. The third-order valence-electron chi connectivity index (χ3n) is 1.98. The monoisotopic (exact) mass is 238 g/mol. The van der Waals surface area contributed by atoms with E-state index in [-0.39, 0.29) is 0 Å². The fraction of sp³-hybridized carbons (Fsp3) is 0.800. The first-order chi connectivity index (χ1) is 6.82. The third kappa shape index (κ3) is 2.90. The fourth-order valence-corrected chi connectivity index (χ4v) is 0.706. The molecule has 94 valence electrons. The lowest BCUT2D eigenvalue weighted by Crippen LogP contribution is -2.53. The highest BCUT2D eigenvalue weighted by Crippen LogP contribution is 2.34. The van der Waals surface area contributed by atoms with E-state index in [0.29, 0.717) is 0 Å². The molecule has 0 amide bonds. The van der Waals surface area contributed by atoms with Crippen molar-refractivity contribution in [1.29, 1.82) is 0 Å². The maximum Gasteiger partial charge on any atom is 0.380 e. The molecule has 0 rings (SSSR count). The number of aliphatic carboxylic acids is 1. The molecular weight excluding hydrogens is 222 g/mol. The van der Waals surface area contributed by atoms with Crippen molar-refractivity contribution in [2.24, 2.45) is 5.41 Å². The van der Waals surface area contributed by atoms with Crippen molar-refractivity contribution in [2.45, 2.75) is 46.1 Å². The minimum absolute atomic E-state index is 0.866. The number of carbonyl (C=O) groups is 2. The Morgan fingerprint density at radius 3 is 1.69 bits per heavy atom. The summed E-state index contributed by atoms with van der Waals surface area (Å²) in [7, 11) is 0. The second-order valence-corrected chi connectivity index (χ2v) is 5.03. The molecule has 6 heteroatoms. The van der Waals surface area contributed by atoms with Gasteiger partial charge in [0.2, 0.25) is 0 Å². The second-order valence-electron chi connectivity index (χ2n) is 5.03. The highest BCUT2D eigenvalue weighted by molar-refractivity contribution is 5.80. The van der Waals surface area contributed by atoms with Crippen molar-refractivity contribution >= 4 is 11.9 Å². The van der Waals surface area contributed by atoms with Crippen LogP contribution in [0.2, 0.25) is 0 Å². The Kier molecular flexibility index (Phi) is 3.69.